The highest BCUT2D eigenvalue weighted by Gasteiger charge is 2.20. The van der Waals surface area contributed by atoms with Gasteiger partial charge in [0.2, 0.25) is 0 Å². The largest absolute Gasteiger partial charge is 0.506 e. The third kappa shape index (κ3) is 5.32. The molecule has 0 aliphatic carbocycles. The molecule has 0 fully saturated rings. The Bertz CT molecular complexity index is 912. The van der Waals surface area contributed by atoms with Gasteiger partial charge in [0.05, 0.1) is 0 Å². The summed E-state index contributed by atoms with van der Waals surface area (Å²) in [5.41, 5.74) is 5.64. The lowest BCUT2D eigenvalue weighted by atomic mass is 9.85. The molecule has 3 aromatic rings. The van der Waals surface area contributed by atoms with Crippen molar-refractivity contribution in [3.63, 3.8) is 0 Å². The highest BCUT2D eigenvalue weighted by molar-refractivity contribution is 7.99. The Hall–Kier alpha value is -2.39. The van der Waals surface area contributed by atoms with Gasteiger partial charge >= 0.3 is 0 Å². The number of hydrogen-bond acceptors (Lipinski definition) is 3. The first-order valence-electron chi connectivity index (χ1n) is 9.71. The van der Waals surface area contributed by atoms with Crippen molar-refractivity contribution in [1.82, 2.24) is 0 Å². The van der Waals surface area contributed by atoms with Gasteiger partial charge in [0, 0.05) is 27.6 Å². The summed E-state index contributed by atoms with van der Waals surface area (Å²) in [7, 11) is 0. The predicted octanol–water partition coefficient (Wildman–Crippen LogP) is 7.08. The van der Waals surface area contributed by atoms with E-state index in [-0.39, 0.29) is 5.41 Å². The molecule has 3 aromatic carbocycles. The summed E-state index contributed by atoms with van der Waals surface area (Å²) in [4.78, 5) is 0.979. The maximum atomic E-state index is 10.7. The fourth-order valence-electron chi connectivity index (χ4n) is 3.15. The van der Waals surface area contributed by atoms with Crippen molar-refractivity contribution >= 4 is 23.1 Å². The molecule has 0 aliphatic rings. The van der Waals surface area contributed by atoms with E-state index >= 15 is 0 Å². The van der Waals surface area contributed by atoms with Gasteiger partial charge in [-0.25, -0.2) is 0 Å². The number of phenolic OH excluding ortho intramolecular Hbond substituents is 1. The third-order valence-electron chi connectivity index (χ3n) is 4.69. The molecule has 3 heteroatoms. The van der Waals surface area contributed by atoms with E-state index in [1.807, 2.05) is 18.2 Å². The van der Waals surface area contributed by atoms with Crippen molar-refractivity contribution in [2.45, 2.75) is 44.4 Å². The van der Waals surface area contributed by atoms with E-state index in [9.17, 15) is 5.11 Å². The van der Waals surface area contributed by atoms with Crippen LogP contribution < -0.4 is 5.32 Å². The number of benzene rings is 3. The molecule has 0 spiro atoms. The van der Waals surface area contributed by atoms with Crippen LogP contribution in [0.3, 0.4) is 0 Å². The average molecular weight is 392 g/mol. The first-order chi connectivity index (χ1) is 13.3. The molecule has 0 saturated heterocycles. The lowest BCUT2D eigenvalue weighted by Crippen LogP contribution is -2.12. The number of nitrogens with one attached hydrogen (secondary N) is 1. The van der Waals surface area contributed by atoms with Crippen molar-refractivity contribution in [2.24, 2.45) is 0 Å². The number of aromatic hydroxyl groups is 1. The number of anilines is 2. The summed E-state index contributed by atoms with van der Waals surface area (Å²) in [6.07, 6.45) is 0.967. The van der Waals surface area contributed by atoms with Crippen LogP contribution >= 0.6 is 11.8 Å². The molecule has 0 saturated carbocycles. The minimum Gasteiger partial charge on any atom is -0.506 e. The van der Waals surface area contributed by atoms with Gasteiger partial charge in [-0.15, -0.1) is 11.8 Å². The zero-order chi connectivity index (χ0) is 20.1. The van der Waals surface area contributed by atoms with Gasteiger partial charge in [-0.3, -0.25) is 0 Å². The van der Waals surface area contributed by atoms with Crippen LogP contribution in [0.1, 0.15) is 37.5 Å². The Morgan fingerprint density at radius 3 is 2.18 bits per heavy atom. The van der Waals surface area contributed by atoms with E-state index in [0.717, 1.165) is 34.0 Å². The summed E-state index contributed by atoms with van der Waals surface area (Å²) in [5, 5.41) is 14.1. The first kappa shape index (κ1) is 20.3. The van der Waals surface area contributed by atoms with Gasteiger partial charge < -0.3 is 10.4 Å². The minimum absolute atomic E-state index is 0.0625. The summed E-state index contributed by atoms with van der Waals surface area (Å²) < 4.78 is 0. The Morgan fingerprint density at radius 2 is 1.54 bits per heavy atom. The van der Waals surface area contributed by atoms with Crippen molar-refractivity contribution in [3.8, 4) is 5.75 Å². The van der Waals surface area contributed by atoms with Crippen LogP contribution in [0, 0.1) is 6.92 Å². The van der Waals surface area contributed by atoms with Crippen LogP contribution in [0.25, 0.3) is 0 Å². The lowest BCUT2D eigenvalue weighted by Gasteiger charge is -2.22. The molecule has 0 atom stereocenters. The highest BCUT2D eigenvalue weighted by Crippen LogP contribution is 2.39. The SMILES string of the molecule is Cc1cc(SCCc2ccc(Nc3ccccc3)cc2)c(O)c(C(C)(C)C)c1. The fourth-order valence-corrected chi connectivity index (χ4v) is 4.22. The Labute approximate surface area is 173 Å². The van der Waals surface area contributed by atoms with Crippen molar-refractivity contribution < 1.29 is 5.11 Å². The number of phenols is 1. The van der Waals surface area contributed by atoms with Crippen LogP contribution in [-0.2, 0) is 11.8 Å². The number of para-hydroxylation sites is 1. The second-order valence-corrected chi connectivity index (χ2v) is 9.33. The van der Waals surface area contributed by atoms with Gasteiger partial charge in [0.15, 0.2) is 0 Å². The van der Waals surface area contributed by atoms with E-state index in [0.29, 0.717) is 5.75 Å². The first-order valence-corrected chi connectivity index (χ1v) is 10.7. The molecule has 0 heterocycles. The molecular formula is C25H29NOS. The monoisotopic (exact) mass is 391 g/mol. The van der Waals surface area contributed by atoms with E-state index in [1.165, 1.54) is 11.1 Å². The molecule has 0 amide bonds. The summed E-state index contributed by atoms with van der Waals surface area (Å²) in [6, 6.07) is 23.0. The molecule has 0 bridgehead atoms. The molecule has 28 heavy (non-hydrogen) atoms. The van der Waals surface area contributed by atoms with Crippen LogP contribution in [0.5, 0.6) is 5.75 Å². The number of aryl methyl sites for hydroxylation is 2. The van der Waals surface area contributed by atoms with Crippen LogP contribution in [0.2, 0.25) is 0 Å². The summed E-state index contributed by atoms with van der Waals surface area (Å²) in [6.45, 7) is 8.51. The maximum Gasteiger partial charge on any atom is 0.132 e. The zero-order valence-electron chi connectivity index (χ0n) is 17.1. The van der Waals surface area contributed by atoms with E-state index < -0.39 is 0 Å². The highest BCUT2D eigenvalue weighted by atomic mass is 32.2. The average Bonchev–Trinajstić information content (AvgIpc) is 2.65. The van der Waals surface area contributed by atoms with E-state index in [4.69, 9.17) is 0 Å². The molecule has 3 rings (SSSR count). The van der Waals surface area contributed by atoms with Gasteiger partial charge in [-0.2, -0.15) is 0 Å². The second-order valence-electron chi connectivity index (χ2n) is 8.20. The van der Waals surface area contributed by atoms with Gasteiger partial charge in [-0.1, -0.05) is 57.2 Å². The second kappa shape index (κ2) is 8.74. The topological polar surface area (TPSA) is 32.3 Å². The Balaban J connectivity index is 1.60. The van der Waals surface area contributed by atoms with Crippen molar-refractivity contribution in [3.05, 3.63) is 83.4 Å². The smallest absolute Gasteiger partial charge is 0.132 e. The molecule has 146 valence electrons. The zero-order valence-corrected chi connectivity index (χ0v) is 17.9. The van der Waals surface area contributed by atoms with E-state index in [1.54, 1.807) is 11.8 Å². The molecule has 0 unspecified atom stereocenters. The quantitative estimate of drug-likeness (QED) is 0.440. The predicted molar refractivity (Wildman–Crippen MR) is 122 cm³/mol. The lowest BCUT2D eigenvalue weighted by molar-refractivity contribution is 0.434. The van der Waals surface area contributed by atoms with Gasteiger partial charge in [-0.05, 0) is 60.2 Å². The summed E-state index contributed by atoms with van der Waals surface area (Å²) in [5.74, 6) is 1.37. The van der Waals surface area contributed by atoms with Crippen LogP contribution in [0.4, 0.5) is 11.4 Å². The number of hydrogen-bond donors (Lipinski definition) is 2. The van der Waals surface area contributed by atoms with Crippen molar-refractivity contribution in [1.29, 1.82) is 0 Å². The van der Waals surface area contributed by atoms with Gasteiger partial charge in [0.1, 0.15) is 5.75 Å². The minimum atomic E-state index is -0.0625. The Kier molecular flexibility index (Phi) is 6.35. The van der Waals surface area contributed by atoms with Crippen LogP contribution in [-0.4, -0.2) is 10.9 Å². The standard InChI is InChI=1S/C25H29NOS/c1-18-16-22(25(2,3)4)24(27)23(17-18)28-15-14-19-10-12-21(13-11-19)26-20-8-6-5-7-9-20/h5-13,16-17,26-27H,14-15H2,1-4H3. The van der Waals surface area contributed by atoms with Crippen molar-refractivity contribution in [2.75, 3.05) is 11.1 Å². The Morgan fingerprint density at radius 1 is 0.893 bits per heavy atom. The number of thioether (sulfide) groups is 1. The molecular weight excluding hydrogens is 362 g/mol. The maximum absolute atomic E-state index is 10.7. The molecule has 0 aromatic heterocycles. The molecule has 0 aliphatic heterocycles. The number of rotatable bonds is 6. The third-order valence-corrected chi connectivity index (χ3v) is 5.72. The summed E-state index contributed by atoms with van der Waals surface area (Å²) >= 11 is 1.73. The molecule has 2 nitrogen and oxygen atoms in total. The van der Waals surface area contributed by atoms with Crippen LogP contribution in [0.15, 0.2) is 71.6 Å². The fraction of sp³-hybridized carbons (Fsp3) is 0.280. The molecule has 2 N–H and O–H groups in total. The van der Waals surface area contributed by atoms with E-state index in [2.05, 4.69) is 81.5 Å². The molecule has 0 radical (unpaired) electrons. The van der Waals surface area contributed by atoms with Gasteiger partial charge in [0.25, 0.3) is 0 Å². The normalized spacial score (nSPS) is 11.4.